The first-order chi connectivity index (χ1) is 14.1. The van der Waals surface area contributed by atoms with Gasteiger partial charge in [-0.25, -0.2) is 18.2 Å². The summed E-state index contributed by atoms with van der Waals surface area (Å²) in [6, 6.07) is 3.09. The Bertz CT molecular complexity index is 1150. The third-order valence-corrected chi connectivity index (χ3v) is 6.36. The van der Waals surface area contributed by atoms with Crippen molar-refractivity contribution in [1.82, 2.24) is 24.7 Å². The van der Waals surface area contributed by atoms with Crippen LogP contribution in [0.4, 0.5) is 8.78 Å². The average Bonchev–Trinajstić information content (AvgIpc) is 3.39. The number of fused-ring (bicyclic) bond motifs is 1. The highest BCUT2D eigenvalue weighted by molar-refractivity contribution is 14.2. The van der Waals surface area contributed by atoms with Crippen LogP contribution < -0.4 is 9.47 Å². The minimum atomic E-state index is -0.774. The normalized spacial score (nSPS) is 11.6. The number of pyridine rings is 1. The molecule has 3 aromatic heterocycles. The number of nitrogens with zero attached hydrogens (tertiary/aromatic N) is 4. The molecule has 1 atom stereocenters. The summed E-state index contributed by atoms with van der Waals surface area (Å²) in [5.74, 6) is -1.72. The molecule has 0 saturated carbocycles. The summed E-state index contributed by atoms with van der Waals surface area (Å²) in [7, 11) is 2.64. The molecule has 0 radical (unpaired) electrons. The predicted molar refractivity (Wildman–Crippen MR) is 115 cm³/mol. The summed E-state index contributed by atoms with van der Waals surface area (Å²) >= 11 is 2.19. The van der Waals surface area contributed by atoms with Gasteiger partial charge in [0, 0.05) is 47.0 Å². The van der Waals surface area contributed by atoms with Crippen LogP contribution in [0.3, 0.4) is 0 Å². The molecule has 4 aromatic rings. The van der Waals surface area contributed by atoms with Gasteiger partial charge in [0.25, 0.3) is 0 Å². The van der Waals surface area contributed by atoms with Crippen LogP contribution in [0.2, 0.25) is 0 Å². The van der Waals surface area contributed by atoms with Gasteiger partial charge in [0.15, 0.2) is 28.8 Å². The van der Waals surface area contributed by atoms with E-state index in [1.807, 2.05) is 6.07 Å². The second-order valence-corrected chi connectivity index (χ2v) is 8.13. The summed E-state index contributed by atoms with van der Waals surface area (Å²) in [4.78, 5) is 4.51. The van der Waals surface area contributed by atoms with E-state index in [9.17, 15) is 8.78 Å². The van der Waals surface area contributed by atoms with Crippen LogP contribution in [0.5, 0.6) is 11.5 Å². The number of benzene rings is 1. The summed E-state index contributed by atoms with van der Waals surface area (Å²) in [5, 5.41) is 12.0. The fourth-order valence-electron chi connectivity index (χ4n) is 3.08. The number of H-pyrrole nitrogens is 1. The molecular formula is C18H15F2IN5O2P. The van der Waals surface area contributed by atoms with Crippen LogP contribution in [0.1, 0.15) is 11.3 Å². The van der Waals surface area contributed by atoms with E-state index in [1.54, 1.807) is 23.0 Å². The van der Waals surface area contributed by atoms with E-state index in [0.29, 0.717) is 16.7 Å². The lowest BCUT2D eigenvalue weighted by Gasteiger charge is -2.12. The molecule has 7 nitrogen and oxygen atoms in total. The van der Waals surface area contributed by atoms with Crippen LogP contribution in [0.15, 0.2) is 30.7 Å². The van der Waals surface area contributed by atoms with Gasteiger partial charge < -0.3 is 9.47 Å². The molecule has 4 rings (SSSR count). The van der Waals surface area contributed by atoms with Gasteiger partial charge in [-0.15, -0.1) is 0 Å². The molecule has 0 bridgehead atoms. The minimum Gasteiger partial charge on any atom is -0.494 e. The highest BCUT2D eigenvalue weighted by atomic mass is 127. The lowest BCUT2D eigenvalue weighted by Crippen LogP contribution is -2.04. The molecule has 3 heterocycles. The van der Waals surface area contributed by atoms with Crippen LogP contribution in [0, 0.1) is 11.6 Å². The van der Waals surface area contributed by atoms with E-state index in [0.717, 1.165) is 11.1 Å². The van der Waals surface area contributed by atoms with Gasteiger partial charge in [0.05, 0.1) is 32.5 Å². The first kappa shape index (κ1) is 20.0. The van der Waals surface area contributed by atoms with Gasteiger partial charge >= 0.3 is 0 Å². The van der Waals surface area contributed by atoms with Crippen LogP contribution in [-0.2, 0) is 6.42 Å². The van der Waals surface area contributed by atoms with Crippen molar-refractivity contribution in [2.24, 2.45) is 0 Å². The first-order valence-electron chi connectivity index (χ1n) is 8.39. The second kappa shape index (κ2) is 8.19. The molecule has 150 valence electrons. The van der Waals surface area contributed by atoms with Crippen LogP contribution in [0.25, 0.3) is 22.2 Å². The Morgan fingerprint density at radius 3 is 2.41 bits per heavy atom. The lowest BCUT2D eigenvalue weighted by molar-refractivity contribution is 0.354. The highest BCUT2D eigenvalue weighted by Gasteiger charge is 2.23. The summed E-state index contributed by atoms with van der Waals surface area (Å²) in [6.07, 6.45) is 5.36. The van der Waals surface area contributed by atoms with Crippen molar-refractivity contribution in [3.05, 3.63) is 53.6 Å². The average molecular weight is 529 g/mol. The van der Waals surface area contributed by atoms with Crippen LogP contribution in [-0.4, -0.2) is 39.0 Å². The zero-order valence-corrected chi connectivity index (χ0v) is 18.5. The Labute approximate surface area is 179 Å². The van der Waals surface area contributed by atoms with Crippen molar-refractivity contribution in [1.29, 1.82) is 0 Å². The number of rotatable bonds is 6. The fourth-order valence-corrected chi connectivity index (χ4v) is 4.50. The number of ether oxygens (including phenoxy) is 2. The lowest BCUT2D eigenvalue weighted by atomic mass is 10.0. The predicted octanol–water partition coefficient (Wildman–Crippen LogP) is 4.50. The second-order valence-electron chi connectivity index (χ2n) is 6.09. The maximum absolute atomic E-state index is 14.8. The van der Waals surface area contributed by atoms with Gasteiger partial charge in [-0.2, -0.15) is 10.2 Å². The fraction of sp³-hybridized carbons (Fsp3) is 0.167. The molecule has 0 saturated heterocycles. The smallest absolute Gasteiger partial charge is 0.171 e. The molecule has 1 unspecified atom stereocenters. The zero-order valence-electron chi connectivity index (χ0n) is 15.3. The van der Waals surface area contributed by atoms with Gasteiger partial charge in [-0.05, 0) is 28.1 Å². The van der Waals surface area contributed by atoms with Crippen molar-refractivity contribution >= 4 is 39.4 Å². The van der Waals surface area contributed by atoms with Gasteiger partial charge in [0.2, 0.25) is 0 Å². The number of aromatic nitrogens is 5. The quantitative estimate of drug-likeness (QED) is 0.294. The number of hydrogen-bond donors (Lipinski definition) is 1. The van der Waals surface area contributed by atoms with E-state index in [-0.39, 0.29) is 29.9 Å². The number of halogens is 3. The topological polar surface area (TPSA) is 77.8 Å². The third-order valence-electron chi connectivity index (χ3n) is 4.52. The van der Waals surface area contributed by atoms with Crippen molar-refractivity contribution in [3.8, 4) is 22.6 Å². The molecule has 0 amide bonds. The maximum atomic E-state index is 14.8. The molecule has 0 spiro atoms. The van der Waals surface area contributed by atoms with Crippen LogP contribution >= 0.6 is 28.4 Å². The molecule has 0 fully saturated rings. The van der Waals surface area contributed by atoms with Crippen molar-refractivity contribution < 1.29 is 18.3 Å². The third kappa shape index (κ3) is 3.55. The monoisotopic (exact) mass is 529 g/mol. The molecule has 1 aromatic carbocycles. The molecular weight excluding hydrogens is 514 g/mol. The Hall–Kier alpha value is -2.33. The summed E-state index contributed by atoms with van der Waals surface area (Å²) in [5.41, 5.74) is 2.67. The molecule has 1 N–H and O–H groups in total. The van der Waals surface area contributed by atoms with Gasteiger partial charge in [0.1, 0.15) is 0 Å². The van der Waals surface area contributed by atoms with Crippen molar-refractivity contribution in [2.75, 3.05) is 14.2 Å². The van der Waals surface area contributed by atoms with Gasteiger partial charge in [-0.3, -0.25) is 5.10 Å². The first-order valence-corrected chi connectivity index (χ1v) is 12.5. The standard InChI is InChI=1S/C18H15F2IN5O2P/c1-27-14-5-15(28-2)17(20)12(16(14)19)4-13-11-3-9(10-7-23-24-8-10)6-22-18(11)26(25-13)29-21/h3,5-8,29H,4H2,1-2H3,(H,23,24). The molecule has 0 aliphatic carbocycles. The Morgan fingerprint density at radius 1 is 1.10 bits per heavy atom. The maximum Gasteiger partial charge on any atom is 0.171 e. The largest absolute Gasteiger partial charge is 0.494 e. The number of aromatic amines is 1. The minimum absolute atomic E-state index is 0.0770. The van der Waals surface area contributed by atoms with Gasteiger partial charge in [-0.1, -0.05) is 0 Å². The Kier molecular flexibility index (Phi) is 5.64. The summed E-state index contributed by atoms with van der Waals surface area (Å²) < 4.78 is 41.5. The van der Waals surface area contributed by atoms with E-state index in [1.165, 1.54) is 20.3 Å². The van der Waals surface area contributed by atoms with E-state index in [4.69, 9.17) is 9.47 Å². The van der Waals surface area contributed by atoms with Crippen molar-refractivity contribution in [2.45, 2.75) is 6.42 Å². The highest BCUT2D eigenvalue weighted by Crippen LogP contribution is 2.36. The van der Waals surface area contributed by atoms with E-state index in [2.05, 4.69) is 42.3 Å². The summed E-state index contributed by atoms with van der Waals surface area (Å²) in [6.45, 7) is 0. The SMILES string of the molecule is COc1cc(OC)c(F)c(Cc2nn(PI)c3ncc(-c4cn[nH]c4)cc23)c1F. The molecule has 0 aliphatic heterocycles. The van der Waals surface area contributed by atoms with E-state index >= 15 is 0 Å². The Balaban J connectivity index is 1.87. The zero-order chi connectivity index (χ0) is 20.5. The molecule has 0 aliphatic rings. The van der Waals surface area contributed by atoms with E-state index < -0.39 is 11.6 Å². The Morgan fingerprint density at radius 2 is 1.83 bits per heavy atom. The molecule has 11 heteroatoms. The van der Waals surface area contributed by atoms with Crippen molar-refractivity contribution in [3.63, 3.8) is 0 Å². The number of nitrogens with one attached hydrogen (secondary N) is 1. The number of hydrogen-bond acceptors (Lipinski definition) is 5. The number of methoxy groups -OCH3 is 2. The molecule has 29 heavy (non-hydrogen) atoms.